The Bertz CT molecular complexity index is 278. The molecule has 1 aliphatic carbocycles. The number of rotatable bonds is 4. The minimum Gasteiger partial charge on any atom is -0.337 e. The van der Waals surface area contributed by atoms with E-state index >= 15 is 0 Å². The second-order valence-corrected chi connectivity index (χ2v) is 3.94. The fraction of sp³-hybridized carbons (Fsp3) is 0.778. The Balaban J connectivity index is 1.88. The molecule has 0 radical (unpaired) electrons. The third-order valence-corrected chi connectivity index (χ3v) is 2.20. The zero-order chi connectivity index (χ0) is 9.26. The molecule has 1 saturated carbocycles. The third kappa shape index (κ3) is 2.20. The largest absolute Gasteiger partial charge is 0.337 e. The molecule has 13 heavy (non-hydrogen) atoms. The normalized spacial score (nSPS) is 16.5. The van der Waals surface area contributed by atoms with Crippen molar-refractivity contribution in [1.29, 1.82) is 0 Å². The van der Waals surface area contributed by atoms with Gasteiger partial charge in [-0.05, 0) is 18.8 Å². The molecule has 0 atom stereocenters. The first-order valence-corrected chi connectivity index (χ1v) is 4.83. The molecular formula is C9H15N3O. The summed E-state index contributed by atoms with van der Waals surface area (Å²) < 4.78 is 5.03. The molecular weight excluding hydrogens is 166 g/mol. The number of anilines is 1. The summed E-state index contributed by atoms with van der Waals surface area (Å²) in [5, 5.41) is 7.01. The van der Waals surface area contributed by atoms with Crippen molar-refractivity contribution in [3.63, 3.8) is 0 Å². The standard InChI is InChI=1S/C9H15N3O/c1-6(2)8-11-9(13-12-8)10-5-7-3-4-7/h6-7H,3-5H2,1-2H3,(H,10,11,12). The molecule has 1 fully saturated rings. The number of aromatic nitrogens is 2. The van der Waals surface area contributed by atoms with E-state index in [-0.39, 0.29) is 0 Å². The van der Waals surface area contributed by atoms with Crippen molar-refractivity contribution >= 4 is 6.01 Å². The molecule has 0 unspecified atom stereocenters. The van der Waals surface area contributed by atoms with Crippen LogP contribution in [0.4, 0.5) is 6.01 Å². The van der Waals surface area contributed by atoms with E-state index in [9.17, 15) is 0 Å². The molecule has 1 aromatic heterocycles. The highest BCUT2D eigenvalue weighted by molar-refractivity contribution is 5.19. The van der Waals surface area contributed by atoms with E-state index in [0.717, 1.165) is 18.3 Å². The molecule has 0 aliphatic heterocycles. The molecule has 0 saturated heterocycles. The molecule has 0 amide bonds. The Kier molecular flexibility index (Phi) is 2.20. The van der Waals surface area contributed by atoms with Crippen molar-refractivity contribution in [1.82, 2.24) is 10.1 Å². The zero-order valence-electron chi connectivity index (χ0n) is 8.08. The molecule has 72 valence electrons. The van der Waals surface area contributed by atoms with E-state index < -0.39 is 0 Å². The topological polar surface area (TPSA) is 51.0 Å². The minimum atomic E-state index is 0.334. The van der Waals surface area contributed by atoms with Crippen molar-refractivity contribution < 1.29 is 4.52 Å². The second kappa shape index (κ2) is 3.36. The highest BCUT2D eigenvalue weighted by Crippen LogP contribution is 2.28. The van der Waals surface area contributed by atoms with Crippen LogP contribution in [0.2, 0.25) is 0 Å². The number of hydrogen-bond acceptors (Lipinski definition) is 4. The van der Waals surface area contributed by atoms with E-state index in [1.807, 2.05) is 0 Å². The van der Waals surface area contributed by atoms with Gasteiger partial charge in [-0.15, -0.1) is 0 Å². The Labute approximate surface area is 77.7 Å². The summed E-state index contributed by atoms with van der Waals surface area (Å²) in [6.45, 7) is 5.07. The van der Waals surface area contributed by atoms with Crippen LogP contribution in [0.25, 0.3) is 0 Å². The van der Waals surface area contributed by atoms with E-state index in [1.165, 1.54) is 12.8 Å². The summed E-state index contributed by atoms with van der Waals surface area (Å²) in [6, 6.07) is 0.565. The van der Waals surface area contributed by atoms with Gasteiger partial charge in [0.25, 0.3) is 0 Å². The average molecular weight is 181 g/mol. The SMILES string of the molecule is CC(C)c1noc(NCC2CC2)n1. The van der Waals surface area contributed by atoms with Crippen molar-refractivity contribution in [2.75, 3.05) is 11.9 Å². The summed E-state index contributed by atoms with van der Waals surface area (Å²) in [5.41, 5.74) is 0. The van der Waals surface area contributed by atoms with Crippen molar-refractivity contribution in [2.24, 2.45) is 5.92 Å². The van der Waals surface area contributed by atoms with Crippen LogP contribution < -0.4 is 5.32 Å². The van der Waals surface area contributed by atoms with Gasteiger partial charge in [0.15, 0.2) is 5.82 Å². The highest BCUT2D eigenvalue weighted by Gasteiger charge is 2.21. The predicted octanol–water partition coefficient (Wildman–Crippen LogP) is 2.01. The van der Waals surface area contributed by atoms with Gasteiger partial charge in [-0.2, -0.15) is 4.98 Å². The van der Waals surface area contributed by atoms with Crippen LogP contribution >= 0.6 is 0 Å². The Morgan fingerprint density at radius 3 is 2.85 bits per heavy atom. The lowest BCUT2D eigenvalue weighted by Gasteiger charge is -1.96. The number of nitrogens with zero attached hydrogens (tertiary/aromatic N) is 2. The van der Waals surface area contributed by atoms with Crippen LogP contribution in [0.1, 0.15) is 38.4 Å². The van der Waals surface area contributed by atoms with E-state index in [2.05, 4.69) is 29.3 Å². The summed E-state index contributed by atoms with van der Waals surface area (Å²) in [6.07, 6.45) is 2.66. The van der Waals surface area contributed by atoms with Crippen molar-refractivity contribution in [3.8, 4) is 0 Å². The molecule has 0 spiro atoms. The lowest BCUT2D eigenvalue weighted by Crippen LogP contribution is -2.03. The molecule has 1 heterocycles. The van der Waals surface area contributed by atoms with E-state index in [0.29, 0.717) is 11.9 Å². The Morgan fingerprint density at radius 1 is 1.54 bits per heavy atom. The van der Waals surface area contributed by atoms with Crippen LogP contribution in [0.15, 0.2) is 4.52 Å². The Hall–Kier alpha value is -1.06. The predicted molar refractivity (Wildman–Crippen MR) is 49.6 cm³/mol. The van der Waals surface area contributed by atoms with Crippen LogP contribution in [0.3, 0.4) is 0 Å². The van der Waals surface area contributed by atoms with Crippen molar-refractivity contribution in [3.05, 3.63) is 5.82 Å². The van der Waals surface area contributed by atoms with Gasteiger partial charge in [0.2, 0.25) is 0 Å². The highest BCUT2D eigenvalue weighted by atomic mass is 16.5. The fourth-order valence-corrected chi connectivity index (χ4v) is 1.09. The van der Waals surface area contributed by atoms with Crippen LogP contribution in [-0.4, -0.2) is 16.7 Å². The van der Waals surface area contributed by atoms with Crippen LogP contribution in [-0.2, 0) is 0 Å². The average Bonchev–Trinajstić information content (AvgIpc) is 2.79. The monoisotopic (exact) mass is 181 g/mol. The smallest absolute Gasteiger partial charge is 0.321 e. The summed E-state index contributed by atoms with van der Waals surface area (Å²) in [7, 11) is 0. The van der Waals surface area contributed by atoms with Gasteiger partial charge in [0, 0.05) is 12.5 Å². The Morgan fingerprint density at radius 2 is 2.31 bits per heavy atom. The van der Waals surface area contributed by atoms with Crippen molar-refractivity contribution in [2.45, 2.75) is 32.6 Å². The van der Waals surface area contributed by atoms with Gasteiger partial charge < -0.3 is 9.84 Å². The maximum Gasteiger partial charge on any atom is 0.321 e. The van der Waals surface area contributed by atoms with Gasteiger partial charge in [-0.1, -0.05) is 19.0 Å². The summed E-state index contributed by atoms with van der Waals surface area (Å²) in [5.74, 6) is 1.94. The molecule has 4 heteroatoms. The molecule has 0 aromatic carbocycles. The van der Waals surface area contributed by atoms with E-state index in [1.54, 1.807) is 0 Å². The molecule has 1 aliphatic rings. The maximum atomic E-state index is 5.03. The quantitative estimate of drug-likeness (QED) is 0.772. The van der Waals surface area contributed by atoms with Gasteiger partial charge in [0.05, 0.1) is 0 Å². The lowest BCUT2D eigenvalue weighted by molar-refractivity contribution is 0.418. The maximum absolute atomic E-state index is 5.03. The van der Waals surface area contributed by atoms with Gasteiger partial charge in [-0.3, -0.25) is 0 Å². The van der Waals surface area contributed by atoms with Crippen LogP contribution in [0, 0.1) is 5.92 Å². The molecule has 1 N–H and O–H groups in total. The third-order valence-electron chi connectivity index (χ3n) is 2.20. The first-order valence-electron chi connectivity index (χ1n) is 4.83. The zero-order valence-corrected chi connectivity index (χ0v) is 8.08. The summed E-state index contributed by atoms with van der Waals surface area (Å²) in [4.78, 5) is 4.22. The van der Waals surface area contributed by atoms with Crippen LogP contribution in [0.5, 0.6) is 0 Å². The van der Waals surface area contributed by atoms with Gasteiger partial charge in [0.1, 0.15) is 0 Å². The minimum absolute atomic E-state index is 0.334. The summed E-state index contributed by atoms with van der Waals surface area (Å²) >= 11 is 0. The first-order chi connectivity index (χ1) is 6.25. The molecule has 4 nitrogen and oxygen atoms in total. The lowest BCUT2D eigenvalue weighted by atomic mass is 10.2. The molecule has 2 rings (SSSR count). The molecule has 0 bridgehead atoms. The van der Waals surface area contributed by atoms with E-state index in [4.69, 9.17) is 4.52 Å². The first kappa shape index (κ1) is 8.53. The number of nitrogens with one attached hydrogen (secondary N) is 1. The number of hydrogen-bond donors (Lipinski definition) is 1. The van der Waals surface area contributed by atoms with Gasteiger partial charge >= 0.3 is 6.01 Å². The fourth-order valence-electron chi connectivity index (χ4n) is 1.09. The second-order valence-electron chi connectivity index (χ2n) is 3.94. The molecule has 1 aromatic rings. The van der Waals surface area contributed by atoms with Gasteiger partial charge in [-0.25, -0.2) is 0 Å².